The van der Waals surface area contributed by atoms with Gasteiger partial charge in [-0.05, 0) is 75.8 Å². The lowest BCUT2D eigenvalue weighted by Gasteiger charge is -2.38. The van der Waals surface area contributed by atoms with Crippen molar-refractivity contribution in [1.82, 2.24) is 24.8 Å². The highest BCUT2D eigenvalue weighted by Crippen LogP contribution is 2.32. The Morgan fingerprint density at radius 3 is 2.54 bits per heavy atom. The van der Waals surface area contributed by atoms with Crippen molar-refractivity contribution in [2.24, 2.45) is 5.92 Å². The number of aryl methyl sites for hydroxylation is 3. The van der Waals surface area contributed by atoms with Crippen molar-refractivity contribution in [3.8, 4) is 11.4 Å². The predicted octanol–water partition coefficient (Wildman–Crippen LogP) is 5.44. The molecule has 4 rings (SSSR count). The van der Waals surface area contributed by atoms with E-state index in [0.717, 1.165) is 25.0 Å². The molecule has 0 saturated carbocycles. The van der Waals surface area contributed by atoms with Crippen molar-refractivity contribution < 1.29 is 18.0 Å². The van der Waals surface area contributed by atoms with Crippen LogP contribution in [0.2, 0.25) is 0 Å². The van der Waals surface area contributed by atoms with Gasteiger partial charge in [0.1, 0.15) is 5.69 Å². The summed E-state index contributed by atoms with van der Waals surface area (Å²) in [5.74, 6) is 0.623. The molecule has 0 aromatic carbocycles. The fourth-order valence-electron chi connectivity index (χ4n) is 4.61. The molecule has 0 aliphatic carbocycles. The van der Waals surface area contributed by atoms with Gasteiger partial charge in [0.15, 0.2) is 5.82 Å². The van der Waals surface area contributed by atoms with Crippen LogP contribution in [0.4, 0.5) is 13.2 Å². The Bertz CT molecular complexity index is 1200. The average Bonchev–Trinajstić information content (AvgIpc) is 2.82. The summed E-state index contributed by atoms with van der Waals surface area (Å²) in [5, 5.41) is 0. The van der Waals surface area contributed by atoms with E-state index in [4.69, 9.17) is 0 Å². The first kappa shape index (κ1) is 24.8. The van der Waals surface area contributed by atoms with Gasteiger partial charge in [0.2, 0.25) is 0 Å². The molecule has 0 spiro atoms. The molecule has 9 heteroatoms. The SMILES string of the molecule is Cc1cc(C(F)(F)F)cc(CCC2C[C@@H](C)CCN2C(=O)c2nc(C)ccc2-c2ncccn2)n1. The minimum Gasteiger partial charge on any atom is -0.334 e. The van der Waals surface area contributed by atoms with Gasteiger partial charge < -0.3 is 4.90 Å². The number of rotatable bonds is 5. The van der Waals surface area contributed by atoms with Gasteiger partial charge in [0.05, 0.1) is 11.1 Å². The molecule has 1 unspecified atom stereocenters. The fraction of sp³-hybridized carbons (Fsp3) is 0.423. The molecule has 0 bridgehead atoms. The molecular weight excluding hydrogens is 455 g/mol. The summed E-state index contributed by atoms with van der Waals surface area (Å²) in [6.45, 7) is 6.08. The van der Waals surface area contributed by atoms with Gasteiger partial charge in [0, 0.05) is 42.1 Å². The highest BCUT2D eigenvalue weighted by molar-refractivity contribution is 5.98. The standard InChI is InChI=1S/C26H28F3N5O/c1-16-9-12-34(21(13-16)7-6-20-15-19(26(27,28)29)14-18(3)32-20)25(35)23-22(8-5-17(2)33-23)24-30-10-4-11-31-24/h4-5,8,10-11,14-16,21H,6-7,9,12-13H2,1-3H3/t16-,21?/m0/s1. The van der Waals surface area contributed by atoms with Crippen LogP contribution in [0.3, 0.4) is 0 Å². The Balaban J connectivity index is 1.60. The third-order valence-electron chi connectivity index (χ3n) is 6.35. The first-order chi connectivity index (χ1) is 16.6. The number of hydrogen-bond donors (Lipinski definition) is 0. The number of amides is 1. The van der Waals surface area contributed by atoms with E-state index >= 15 is 0 Å². The van der Waals surface area contributed by atoms with Gasteiger partial charge in [-0.2, -0.15) is 13.2 Å². The van der Waals surface area contributed by atoms with E-state index in [1.54, 1.807) is 25.4 Å². The lowest BCUT2D eigenvalue weighted by atomic mass is 9.89. The number of pyridine rings is 2. The minimum atomic E-state index is -4.42. The number of nitrogens with zero attached hydrogens (tertiary/aromatic N) is 5. The van der Waals surface area contributed by atoms with Crippen LogP contribution < -0.4 is 0 Å². The van der Waals surface area contributed by atoms with Crippen LogP contribution in [0.5, 0.6) is 0 Å². The Hall–Kier alpha value is -3.36. The lowest BCUT2D eigenvalue weighted by Crippen LogP contribution is -2.46. The van der Waals surface area contributed by atoms with Crippen molar-refractivity contribution in [2.75, 3.05) is 6.54 Å². The van der Waals surface area contributed by atoms with Crippen LogP contribution in [0.1, 0.15) is 59.3 Å². The zero-order chi connectivity index (χ0) is 25.2. The molecular formula is C26H28F3N5O. The van der Waals surface area contributed by atoms with Crippen LogP contribution in [0, 0.1) is 19.8 Å². The summed E-state index contributed by atoms with van der Waals surface area (Å²) >= 11 is 0. The Labute approximate surface area is 202 Å². The van der Waals surface area contributed by atoms with Crippen molar-refractivity contribution in [3.63, 3.8) is 0 Å². The second-order valence-electron chi connectivity index (χ2n) is 9.23. The fourth-order valence-corrected chi connectivity index (χ4v) is 4.61. The van der Waals surface area contributed by atoms with Gasteiger partial charge in [-0.25, -0.2) is 15.0 Å². The highest BCUT2D eigenvalue weighted by atomic mass is 19.4. The van der Waals surface area contributed by atoms with E-state index in [2.05, 4.69) is 26.9 Å². The quantitative estimate of drug-likeness (QED) is 0.483. The van der Waals surface area contributed by atoms with Crippen LogP contribution >= 0.6 is 0 Å². The summed E-state index contributed by atoms with van der Waals surface area (Å²) in [5.41, 5.74) is 1.59. The Morgan fingerprint density at radius 2 is 1.83 bits per heavy atom. The monoisotopic (exact) mass is 483 g/mol. The van der Waals surface area contributed by atoms with Crippen LogP contribution in [-0.2, 0) is 12.6 Å². The number of halogens is 3. The molecule has 1 aliphatic heterocycles. The second kappa shape index (κ2) is 10.1. The molecule has 4 heterocycles. The molecule has 2 atom stereocenters. The molecule has 1 saturated heterocycles. The summed E-state index contributed by atoms with van der Waals surface area (Å²) in [7, 11) is 0. The van der Waals surface area contributed by atoms with Crippen molar-refractivity contribution in [3.05, 3.63) is 71.1 Å². The molecule has 0 radical (unpaired) electrons. The smallest absolute Gasteiger partial charge is 0.334 e. The number of piperidine rings is 1. The van der Waals surface area contributed by atoms with Crippen LogP contribution in [0.25, 0.3) is 11.4 Å². The van der Waals surface area contributed by atoms with E-state index in [-0.39, 0.29) is 11.9 Å². The summed E-state index contributed by atoms with van der Waals surface area (Å²) < 4.78 is 39.8. The largest absolute Gasteiger partial charge is 0.416 e. The van der Waals surface area contributed by atoms with Gasteiger partial charge in [-0.3, -0.25) is 9.78 Å². The summed E-state index contributed by atoms with van der Waals surface area (Å²) in [6.07, 6.45) is 1.31. The van der Waals surface area contributed by atoms with E-state index in [1.807, 2.05) is 24.0 Å². The molecule has 3 aromatic heterocycles. The van der Waals surface area contributed by atoms with E-state index in [9.17, 15) is 18.0 Å². The third kappa shape index (κ3) is 5.83. The zero-order valence-corrected chi connectivity index (χ0v) is 20.0. The number of hydrogen-bond acceptors (Lipinski definition) is 5. The number of likely N-dealkylation sites (tertiary alicyclic amines) is 1. The molecule has 1 amide bonds. The maximum Gasteiger partial charge on any atom is 0.416 e. The van der Waals surface area contributed by atoms with Gasteiger partial charge >= 0.3 is 6.18 Å². The number of aromatic nitrogens is 4. The van der Waals surface area contributed by atoms with E-state index in [1.165, 1.54) is 0 Å². The van der Waals surface area contributed by atoms with Gasteiger partial charge in [-0.15, -0.1) is 0 Å². The zero-order valence-electron chi connectivity index (χ0n) is 20.0. The van der Waals surface area contributed by atoms with Gasteiger partial charge in [0.25, 0.3) is 5.91 Å². The van der Waals surface area contributed by atoms with Crippen LogP contribution in [-0.4, -0.2) is 43.3 Å². The molecule has 1 aliphatic rings. The van der Waals surface area contributed by atoms with E-state index < -0.39 is 11.7 Å². The molecule has 0 N–H and O–H groups in total. The minimum absolute atomic E-state index is 0.130. The third-order valence-corrected chi connectivity index (χ3v) is 6.35. The molecule has 184 valence electrons. The maximum atomic E-state index is 13.8. The van der Waals surface area contributed by atoms with Crippen molar-refractivity contribution in [2.45, 2.75) is 58.7 Å². The van der Waals surface area contributed by atoms with Crippen LogP contribution in [0.15, 0.2) is 42.7 Å². The second-order valence-corrected chi connectivity index (χ2v) is 9.23. The van der Waals surface area contributed by atoms with Gasteiger partial charge in [-0.1, -0.05) is 6.92 Å². The molecule has 35 heavy (non-hydrogen) atoms. The normalized spacial score (nSPS) is 18.5. The molecule has 1 fully saturated rings. The molecule has 6 nitrogen and oxygen atoms in total. The summed E-state index contributed by atoms with van der Waals surface area (Å²) in [6, 6.07) is 7.37. The predicted molar refractivity (Wildman–Crippen MR) is 126 cm³/mol. The highest BCUT2D eigenvalue weighted by Gasteiger charge is 2.34. The maximum absolute atomic E-state index is 13.8. The summed E-state index contributed by atoms with van der Waals surface area (Å²) in [4.78, 5) is 33.0. The number of carbonyl (C=O) groups is 1. The average molecular weight is 484 g/mol. The van der Waals surface area contributed by atoms with Crippen molar-refractivity contribution >= 4 is 5.91 Å². The molecule has 3 aromatic rings. The first-order valence-electron chi connectivity index (χ1n) is 11.7. The lowest BCUT2D eigenvalue weighted by molar-refractivity contribution is -0.137. The topological polar surface area (TPSA) is 71.9 Å². The number of carbonyl (C=O) groups excluding carboxylic acids is 1. The van der Waals surface area contributed by atoms with Crippen molar-refractivity contribution in [1.29, 1.82) is 0 Å². The van der Waals surface area contributed by atoms with E-state index in [0.29, 0.717) is 59.5 Å². The Kier molecular flexibility index (Phi) is 7.14. The Morgan fingerprint density at radius 1 is 1.09 bits per heavy atom. The first-order valence-corrected chi connectivity index (χ1v) is 11.7. The number of alkyl halides is 3.